The molecule has 0 aliphatic heterocycles. The Morgan fingerprint density at radius 1 is 0.848 bits per heavy atom. The number of hydrogen-bond acceptors (Lipinski definition) is 6. The van der Waals surface area contributed by atoms with Gasteiger partial charge in [0, 0.05) is 56.9 Å². The van der Waals surface area contributed by atoms with Gasteiger partial charge in [-0.2, -0.15) is 4.98 Å². The van der Waals surface area contributed by atoms with Crippen molar-refractivity contribution in [1.29, 1.82) is 0 Å². The number of benzene rings is 2. The van der Waals surface area contributed by atoms with E-state index in [1.807, 2.05) is 80.5 Å². The third kappa shape index (κ3) is 5.72. The molecule has 7 heteroatoms. The molecule has 1 saturated carbocycles. The van der Waals surface area contributed by atoms with E-state index in [4.69, 9.17) is 9.97 Å². The van der Waals surface area contributed by atoms with E-state index < -0.39 is 0 Å². The van der Waals surface area contributed by atoms with Crippen LogP contribution in [-0.2, 0) is 0 Å². The highest BCUT2D eigenvalue weighted by molar-refractivity contribution is 5.94. The number of rotatable bonds is 6. The third-order valence-corrected chi connectivity index (χ3v) is 6.05. The first-order valence-electron chi connectivity index (χ1n) is 11.2. The first-order chi connectivity index (χ1) is 15.4. The van der Waals surface area contributed by atoms with Crippen molar-refractivity contribution >= 4 is 34.3 Å². The van der Waals surface area contributed by atoms with Crippen LogP contribution in [0, 0.1) is 0 Å². The molecule has 0 bridgehead atoms. The number of fused-ring (bicyclic) bond motifs is 1. The summed E-state index contributed by atoms with van der Waals surface area (Å²) >= 11 is 0. The number of nitrogens with one attached hydrogen (secondary N) is 2. The number of nitrogens with zero attached hydrogens (tertiary/aromatic N) is 4. The number of para-hydroxylation sites is 1. The van der Waals surface area contributed by atoms with E-state index in [1.165, 1.54) is 0 Å². The average Bonchev–Trinajstić information content (AvgIpc) is 2.79. The van der Waals surface area contributed by atoms with Crippen LogP contribution in [0.15, 0.2) is 48.5 Å². The van der Waals surface area contributed by atoms with Crippen molar-refractivity contribution in [1.82, 2.24) is 15.3 Å². The predicted molar refractivity (Wildman–Crippen MR) is 138 cm³/mol. The van der Waals surface area contributed by atoms with E-state index >= 15 is 0 Å². The number of amides is 1. The molecule has 0 spiro atoms. The maximum Gasteiger partial charge on any atom is 0.251 e. The van der Waals surface area contributed by atoms with Crippen LogP contribution in [0.25, 0.3) is 10.9 Å². The topological polar surface area (TPSA) is 73.4 Å². The van der Waals surface area contributed by atoms with Crippen molar-refractivity contribution in [2.45, 2.75) is 45.2 Å². The fourth-order valence-corrected chi connectivity index (χ4v) is 4.21. The lowest BCUT2D eigenvalue weighted by Gasteiger charge is -2.30. The zero-order chi connectivity index (χ0) is 22.7. The largest absolute Gasteiger partial charge is 0.378 e. The molecule has 1 amide bonds. The fourth-order valence-electron chi connectivity index (χ4n) is 4.21. The zero-order valence-electron chi connectivity index (χ0n) is 19.3. The summed E-state index contributed by atoms with van der Waals surface area (Å²) in [5.41, 5.74) is 2.73. The summed E-state index contributed by atoms with van der Waals surface area (Å²) in [6, 6.07) is 16.3. The van der Waals surface area contributed by atoms with Crippen molar-refractivity contribution in [3.63, 3.8) is 0 Å². The van der Waals surface area contributed by atoms with Gasteiger partial charge in [0.1, 0.15) is 5.82 Å². The molecule has 7 nitrogen and oxygen atoms in total. The van der Waals surface area contributed by atoms with Crippen molar-refractivity contribution < 1.29 is 4.79 Å². The molecule has 0 radical (unpaired) electrons. The first-order valence-corrected chi connectivity index (χ1v) is 11.2. The minimum Gasteiger partial charge on any atom is -0.378 e. The van der Waals surface area contributed by atoms with Crippen LogP contribution >= 0.6 is 0 Å². The minimum atomic E-state index is 0. The van der Waals surface area contributed by atoms with Gasteiger partial charge in [0.15, 0.2) is 0 Å². The summed E-state index contributed by atoms with van der Waals surface area (Å²) in [7, 11) is 7.98. The van der Waals surface area contributed by atoms with E-state index in [2.05, 4.69) is 16.7 Å². The van der Waals surface area contributed by atoms with Gasteiger partial charge >= 0.3 is 0 Å². The Hall–Kier alpha value is -3.35. The van der Waals surface area contributed by atoms with Crippen molar-refractivity contribution in [2.24, 2.45) is 0 Å². The van der Waals surface area contributed by atoms with Gasteiger partial charge in [-0.25, -0.2) is 4.98 Å². The molecule has 3 aromatic rings. The van der Waals surface area contributed by atoms with E-state index in [-0.39, 0.29) is 19.4 Å². The highest BCUT2D eigenvalue weighted by atomic mass is 16.1. The Morgan fingerprint density at radius 3 is 2.12 bits per heavy atom. The van der Waals surface area contributed by atoms with Crippen molar-refractivity contribution in [3.8, 4) is 0 Å². The molecular weight excluding hydrogens is 412 g/mol. The zero-order valence-corrected chi connectivity index (χ0v) is 19.3. The predicted octanol–water partition coefficient (Wildman–Crippen LogP) is 4.55. The highest BCUT2D eigenvalue weighted by Crippen LogP contribution is 2.26. The molecule has 1 aliphatic carbocycles. The lowest BCUT2D eigenvalue weighted by Crippen LogP contribution is -2.40. The number of hydrogen-bond donors (Lipinski definition) is 2. The van der Waals surface area contributed by atoms with Gasteiger partial charge in [-0.05, 0) is 62.1 Å². The monoisotopic (exact) mass is 448 g/mol. The van der Waals surface area contributed by atoms with Gasteiger partial charge in [-0.1, -0.05) is 19.6 Å². The molecule has 0 unspecified atom stereocenters. The molecule has 1 aliphatic rings. The third-order valence-electron chi connectivity index (χ3n) is 6.05. The van der Waals surface area contributed by atoms with Gasteiger partial charge in [-0.15, -0.1) is 0 Å². The Labute approximate surface area is 197 Å². The van der Waals surface area contributed by atoms with Gasteiger partial charge in [0.25, 0.3) is 5.91 Å². The summed E-state index contributed by atoms with van der Waals surface area (Å²) in [6.07, 6.45) is 3.82. The Kier molecular flexibility index (Phi) is 7.74. The van der Waals surface area contributed by atoms with Crippen molar-refractivity contribution in [2.75, 3.05) is 43.3 Å². The standard InChI is InChI=1S/C25H32N6O.CH4/c1-30(2)20-15-9-17(10-16-20)24(32)26-18-11-13-19(14-12-18)27-25-28-22-8-6-5-7-21(22)23(29-25)31(3)4;/h5-10,15-16,18-19H,11-14H2,1-4H3,(H,26,32)(H,27,28,29);1H4. The smallest absolute Gasteiger partial charge is 0.251 e. The Bertz CT molecular complexity index is 1070. The molecule has 2 aromatic carbocycles. The van der Waals surface area contributed by atoms with Crippen molar-refractivity contribution in [3.05, 3.63) is 54.1 Å². The number of aromatic nitrogens is 2. The maximum atomic E-state index is 12.6. The van der Waals surface area contributed by atoms with Crippen LogP contribution in [0.3, 0.4) is 0 Å². The second kappa shape index (κ2) is 10.5. The summed E-state index contributed by atoms with van der Waals surface area (Å²) < 4.78 is 0. The molecule has 176 valence electrons. The van der Waals surface area contributed by atoms with Crippen LogP contribution in [0.5, 0.6) is 0 Å². The van der Waals surface area contributed by atoms with Gasteiger partial charge in [0.05, 0.1) is 5.52 Å². The van der Waals surface area contributed by atoms with Crippen LogP contribution in [0.4, 0.5) is 17.5 Å². The van der Waals surface area contributed by atoms with Crippen LogP contribution in [0.1, 0.15) is 43.5 Å². The van der Waals surface area contributed by atoms with Gasteiger partial charge < -0.3 is 20.4 Å². The summed E-state index contributed by atoms with van der Waals surface area (Å²) in [4.78, 5) is 26.1. The average molecular weight is 449 g/mol. The normalized spacial score (nSPS) is 17.7. The quantitative estimate of drug-likeness (QED) is 0.576. The minimum absolute atomic E-state index is 0. The molecule has 4 rings (SSSR count). The molecule has 0 atom stereocenters. The molecule has 2 N–H and O–H groups in total. The van der Waals surface area contributed by atoms with Crippen LogP contribution < -0.4 is 20.4 Å². The lowest BCUT2D eigenvalue weighted by atomic mass is 9.91. The summed E-state index contributed by atoms with van der Waals surface area (Å²) in [5, 5.41) is 7.77. The molecule has 1 heterocycles. The lowest BCUT2D eigenvalue weighted by molar-refractivity contribution is 0.0926. The maximum absolute atomic E-state index is 12.6. The number of carbonyl (C=O) groups is 1. The van der Waals surface area contributed by atoms with E-state index in [1.54, 1.807) is 0 Å². The van der Waals surface area contributed by atoms with E-state index in [9.17, 15) is 4.79 Å². The number of anilines is 3. The summed E-state index contributed by atoms with van der Waals surface area (Å²) in [6.45, 7) is 0. The van der Waals surface area contributed by atoms with Gasteiger partial charge in [-0.3, -0.25) is 4.79 Å². The van der Waals surface area contributed by atoms with Crippen LogP contribution in [0.2, 0.25) is 0 Å². The summed E-state index contributed by atoms with van der Waals surface area (Å²) in [5.74, 6) is 1.58. The first kappa shape index (κ1) is 24.3. The second-order valence-electron chi connectivity index (χ2n) is 8.89. The van der Waals surface area contributed by atoms with Crippen LogP contribution in [-0.4, -0.2) is 56.1 Å². The Morgan fingerprint density at radius 2 is 1.48 bits per heavy atom. The fraction of sp³-hybridized carbons (Fsp3) is 0.423. The van der Waals surface area contributed by atoms with E-state index in [0.717, 1.165) is 48.1 Å². The highest BCUT2D eigenvalue weighted by Gasteiger charge is 2.24. The molecule has 0 saturated heterocycles. The molecule has 1 aromatic heterocycles. The molecule has 33 heavy (non-hydrogen) atoms. The van der Waals surface area contributed by atoms with Gasteiger partial charge in [0.2, 0.25) is 5.95 Å². The Balaban J connectivity index is 0.00000306. The SMILES string of the molecule is C.CN(C)c1ccc(C(=O)NC2CCC(Nc3nc(N(C)C)c4ccccc4n3)CC2)cc1. The van der Waals surface area contributed by atoms with E-state index in [0.29, 0.717) is 17.6 Å². The molecule has 1 fully saturated rings. The molecular formula is C26H36N6O. The second-order valence-corrected chi connectivity index (χ2v) is 8.89. The number of carbonyl (C=O) groups excluding carboxylic acids is 1.